The normalized spacial score (nSPS) is 11.2. The molecule has 0 aliphatic carbocycles. The maximum Gasteiger partial charge on any atom is 0.573 e. The number of Topliss-reactive ketones (excluding diaryl/α,β-unsaturated/α-hetero) is 1. The highest BCUT2D eigenvalue weighted by molar-refractivity contribution is 9.10. The van der Waals surface area contributed by atoms with E-state index in [4.69, 9.17) is 4.74 Å². The van der Waals surface area contributed by atoms with Crippen LogP contribution in [0.25, 0.3) is 0 Å². The Labute approximate surface area is 123 Å². The second-order valence-corrected chi connectivity index (χ2v) is 5.00. The number of unbranched alkanes of at least 4 members (excludes halogenated alkanes) is 1. The van der Waals surface area contributed by atoms with E-state index in [1.165, 1.54) is 25.1 Å². The van der Waals surface area contributed by atoms with Crippen molar-refractivity contribution >= 4 is 21.7 Å². The highest BCUT2D eigenvalue weighted by atomic mass is 79.9. The highest BCUT2D eigenvalue weighted by Gasteiger charge is 2.31. The van der Waals surface area contributed by atoms with Crippen LogP contribution in [-0.4, -0.2) is 18.8 Å². The maximum atomic E-state index is 12.1. The van der Waals surface area contributed by atoms with Crippen LogP contribution in [0.4, 0.5) is 13.2 Å². The zero-order valence-corrected chi connectivity index (χ0v) is 12.4. The minimum Gasteiger partial charge on any atom is -0.494 e. The van der Waals surface area contributed by atoms with Crippen LogP contribution in [0.2, 0.25) is 0 Å². The summed E-state index contributed by atoms with van der Waals surface area (Å²) >= 11 is 2.99. The molecule has 0 N–H and O–H groups in total. The first-order valence-electron chi connectivity index (χ1n) is 5.95. The molecule has 0 spiro atoms. The van der Waals surface area contributed by atoms with Gasteiger partial charge in [0, 0.05) is 6.42 Å². The lowest BCUT2D eigenvalue weighted by Crippen LogP contribution is -2.17. The molecular formula is C13H14BrF3O3. The second-order valence-electron chi connectivity index (χ2n) is 4.15. The van der Waals surface area contributed by atoms with Gasteiger partial charge in [-0.25, -0.2) is 0 Å². The number of carbonyl (C=O) groups is 1. The molecule has 1 aromatic rings. The van der Waals surface area contributed by atoms with Gasteiger partial charge in [-0.2, -0.15) is 0 Å². The molecule has 20 heavy (non-hydrogen) atoms. The number of halogens is 4. The van der Waals surface area contributed by atoms with Crippen molar-refractivity contribution < 1.29 is 27.4 Å². The third kappa shape index (κ3) is 6.79. The minimum absolute atomic E-state index is 0.126. The topological polar surface area (TPSA) is 35.5 Å². The van der Waals surface area contributed by atoms with Crippen molar-refractivity contribution in [3.05, 3.63) is 22.7 Å². The fourth-order valence-corrected chi connectivity index (χ4v) is 1.88. The summed E-state index contributed by atoms with van der Waals surface area (Å²) in [5, 5.41) is 0. The standard InChI is InChI=1S/C13H14BrF3O3/c1-9(18)4-2-3-7-19-10-5-6-12(11(14)8-10)20-13(15,16)17/h5-6,8H,2-4,7H2,1H3. The van der Waals surface area contributed by atoms with Crippen LogP contribution >= 0.6 is 15.9 Å². The molecule has 0 radical (unpaired) electrons. The summed E-state index contributed by atoms with van der Waals surface area (Å²) in [6.07, 6.45) is -2.78. The Kier molecular flexibility index (Phi) is 6.32. The molecule has 0 amide bonds. The molecule has 0 unspecified atom stereocenters. The van der Waals surface area contributed by atoms with Crippen molar-refractivity contribution in [1.82, 2.24) is 0 Å². The molecule has 112 valence electrons. The summed E-state index contributed by atoms with van der Waals surface area (Å²) in [4.78, 5) is 10.7. The van der Waals surface area contributed by atoms with Gasteiger partial charge < -0.3 is 14.3 Å². The molecule has 0 fully saturated rings. The van der Waals surface area contributed by atoms with Crippen molar-refractivity contribution in [2.45, 2.75) is 32.5 Å². The van der Waals surface area contributed by atoms with Crippen molar-refractivity contribution in [3.8, 4) is 11.5 Å². The molecule has 0 saturated carbocycles. The summed E-state index contributed by atoms with van der Waals surface area (Å²) in [6.45, 7) is 1.93. The number of benzene rings is 1. The number of ketones is 1. The summed E-state index contributed by atoms with van der Waals surface area (Å²) in [6, 6.07) is 3.99. The summed E-state index contributed by atoms with van der Waals surface area (Å²) < 4.78 is 45.6. The van der Waals surface area contributed by atoms with Gasteiger partial charge in [0.1, 0.15) is 17.3 Å². The molecule has 7 heteroatoms. The molecule has 1 aromatic carbocycles. The van der Waals surface area contributed by atoms with Gasteiger partial charge in [0.05, 0.1) is 11.1 Å². The van der Waals surface area contributed by atoms with Crippen molar-refractivity contribution in [3.63, 3.8) is 0 Å². The lowest BCUT2D eigenvalue weighted by molar-refractivity contribution is -0.274. The first kappa shape index (κ1) is 16.8. The summed E-state index contributed by atoms with van der Waals surface area (Å²) in [5.74, 6) is 0.247. The molecule has 0 heterocycles. The SMILES string of the molecule is CC(=O)CCCCOc1ccc(OC(F)(F)F)c(Br)c1. The quantitative estimate of drug-likeness (QED) is 0.677. The summed E-state index contributed by atoms with van der Waals surface area (Å²) in [7, 11) is 0. The van der Waals surface area contributed by atoms with Gasteiger partial charge in [-0.1, -0.05) is 0 Å². The van der Waals surface area contributed by atoms with Crippen LogP contribution < -0.4 is 9.47 Å². The van der Waals surface area contributed by atoms with Crippen LogP contribution in [0.3, 0.4) is 0 Å². The molecule has 3 nitrogen and oxygen atoms in total. The van der Waals surface area contributed by atoms with Gasteiger partial charge in [-0.15, -0.1) is 13.2 Å². The zero-order valence-electron chi connectivity index (χ0n) is 10.8. The van der Waals surface area contributed by atoms with Gasteiger partial charge in [0.25, 0.3) is 0 Å². The highest BCUT2D eigenvalue weighted by Crippen LogP contribution is 2.33. The minimum atomic E-state index is -4.72. The van der Waals surface area contributed by atoms with E-state index >= 15 is 0 Å². The number of hydrogen-bond acceptors (Lipinski definition) is 3. The summed E-state index contributed by atoms with van der Waals surface area (Å²) in [5.41, 5.74) is 0. The van der Waals surface area contributed by atoms with Gasteiger partial charge in [0.15, 0.2) is 0 Å². The molecule has 0 aliphatic heterocycles. The molecule has 0 saturated heterocycles. The van der Waals surface area contributed by atoms with Gasteiger partial charge >= 0.3 is 6.36 Å². The van der Waals surface area contributed by atoms with E-state index in [0.717, 1.165) is 6.42 Å². The maximum absolute atomic E-state index is 12.1. The Morgan fingerprint density at radius 3 is 2.55 bits per heavy atom. The van der Waals surface area contributed by atoms with Crippen molar-refractivity contribution in [2.24, 2.45) is 0 Å². The van der Waals surface area contributed by atoms with Crippen LogP contribution in [0.15, 0.2) is 22.7 Å². The van der Waals surface area contributed by atoms with Crippen molar-refractivity contribution in [2.75, 3.05) is 6.61 Å². The average Bonchev–Trinajstić information content (AvgIpc) is 2.30. The Bertz CT molecular complexity index is 461. The zero-order chi connectivity index (χ0) is 15.2. The number of rotatable bonds is 7. The third-order valence-electron chi connectivity index (χ3n) is 2.32. The fourth-order valence-electron chi connectivity index (χ4n) is 1.44. The van der Waals surface area contributed by atoms with Crippen LogP contribution in [0, 0.1) is 0 Å². The monoisotopic (exact) mass is 354 g/mol. The van der Waals surface area contributed by atoms with Gasteiger partial charge in [-0.05, 0) is 53.9 Å². The average molecular weight is 355 g/mol. The predicted octanol–water partition coefficient (Wildman–Crippen LogP) is 4.49. The van der Waals surface area contributed by atoms with E-state index in [1.54, 1.807) is 0 Å². The number of hydrogen-bond donors (Lipinski definition) is 0. The molecule has 1 rings (SSSR count). The van der Waals surface area contributed by atoms with E-state index in [9.17, 15) is 18.0 Å². The van der Waals surface area contributed by atoms with Gasteiger partial charge in [-0.3, -0.25) is 0 Å². The molecule has 0 aromatic heterocycles. The molecular weight excluding hydrogens is 341 g/mol. The molecule has 0 aliphatic rings. The Morgan fingerprint density at radius 1 is 1.30 bits per heavy atom. The Balaban J connectivity index is 2.45. The van der Waals surface area contributed by atoms with Crippen LogP contribution in [0.5, 0.6) is 11.5 Å². The van der Waals surface area contributed by atoms with Crippen LogP contribution in [0.1, 0.15) is 26.2 Å². The smallest absolute Gasteiger partial charge is 0.494 e. The van der Waals surface area contributed by atoms with E-state index < -0.39 is 6.36 Å². The fraction of sp³-hybridized carbons (Fsp3) is 0.462. The van der Waals surface area contributed by atoms with Gasteiger partial charge in [0.2, 0.25) is 0 Å². The lowest BCUT2D eigenvalue weighted by Gasteiger charge is -2.12. The number of ether oxygens (including phenoxy) is 2. The predicted molar refractivity (Wildman–Crippen MR) is 70.9 cm³/mol. The van der Waals surface area contributed by atoms with E-state index in [2.05, 4.69) is 20.7 Å². The first-order chi connectivity index (χ1) is 9.28. The van der Waals surface area contributed by atoms with Crippen molar-refractivity contribution in [1.29, 1.82) is 0 Å². The molecule has 0 bridgehead atoms. The third-order valence-corrected chi connectivity index (χ3v) is 2.94. The lowest BCUT2D eigenvalue weighted by atomic mass is 10.2. The Hall–Kier alpha value is -1.24. The second kappa shape index (κ2) is 7.52. The first-order valence-corrected chi connectivity index (χ1v) is 6.75. The number of carbonyl (C=O) groups excluding carboxylic acids is 1. The largest absolute Gasteiger partial charge is 0.573 e. The van der Waals surface area contributed by atoms with E-state index in [-0.39, 0.29) is 16.0 Å². The Morgan fingerprint density at radius 2 is 2.00 bits per heavy atom. The van der Waals surface area contributed by atoms with E-state index in [1.807, 2.05) is 0 Å². The van der Waals surface area contributed by atoms with E-state index in [0.29, 0.717) is 25.2 Å². The van der Waals surface area contributed by atoms with Crippen LogP contribution in [-0.2, 0) is 4.79 Å². The number of alkyl halides is 3. The molecule has 0 atom stereocenters.